The highest BCUT2D eigenvalue weighted by Crippen LogP contribution is 2.04. The van der Waals surface area contributed by atoms with Crippen LogP contribution in [-0.4, -0.2) is 31.6 Å². The molecule has 0 unspecified atom stereocenters. The minimum absolute atomic E-state index is 0.846. The van der Waals surface area contributed by atoms with Gasteiger partial charge in [-0.2, -0.15) is 0 Å². The first-order valence-electron chi connectivity index (χ1n) is 6.69. The lowest BCUT2D eigenvalue weighted by Crippen LogP contribution is -2.21. The molecule has 0 aliphatic heterocycles. The van der Waals surface area contributed by atoms with E-state index in [-0.39, 0.29) is 0 Å². The van der Waals surface area contributed by atoms with Gasteiger partial charge in [0, 0.05) is 6.54 Å². The molecule has 16 heavy (non-hydrogen) atoms. The maximum absolute atomic E-state index is 3.64. The van der Waals surface area contributed by atoms with Gasteiger partial charge in [0.1, 0.15) is 0 Å². The van der Waals surface area contributed by atoms with Crippen molar-refractivity contribution in [2.45, 2.75) is 46.0 Å². The van der Waals surface area contributed by atoms with E-state index in [0.717, 1.165) is 12.5 Å². The molecular weight excluding hydrogens is 196 g/mol. The van der Waals surface area contributed by atoms with Gasteiger partial charge in [-0.1, -0.05) is 26.8 Å². The molecule has 96 valence electrons. The molecule has 0 saturated heterocycles. The molecular formula is C14H30N2. The average Bonchev–Trinajstić information content (AvgIpc) is 2.22. The smallest absolute Gasteiger partial charge is 0.0141 e. The van der Waals surface area contributed by atoms with Crippen LogP contribution in [0.3, 0.4) is 0 Å². The zero-order valence-corrected chi connectivity index (χ0v) is 11.5. The summed E-state index contributed by atoms with van der Waals surface area (Å²) in [4.78, 5) is 2.46. The third kappa shape index (κ3) is 11.6. The van der Waals surface area contributed by atoms with Crippen molar-refractivity contribution in [2.24, 2.45) is 5.92 Å². The molecule has 0 spiro atoms. The second-order valence-corrected chi connectivity index (χ2v) is 5.06. The van der Waals surface area contributed by atoms with E-state index >= 15 is 0 Å². The summed E-state index contributed by atoms with van der Waals surface area (Å²) in [6.45, 7) is 11.8. The van der Waals surface area contributed by atoms with Crippen LogP contribution in [0, 0.1) is 5.92 Å². The third-order valence-corrected chi connectivity index (χ3v) is 2.83. The molecule has 0 aromatic rings. The van der Waals surface area contributed by atoms with Crippen molar-refractivity contribution >= 4 is 0 Å². The van der Waals surface area contributed by atoms with Crippen LogP contribution < -0.4 is 5.32 Å². The molecule has 0 radical (unpaired) electrons. The Morgan fingerprint density at radius 1 is 1.12 bits per heavy atom. The molecule has 0 heterocycles. The summed E-state index contributed by atoms with van der Waals surface area (Å²) in [5, 5.41) is 3.13. The van der Waals surface area contributed by atoms with Crippen molar-refractivity contribution in [3.05, 3.63) is 12.8 Å². The van der Waals surface area contributed by atoms with Crippen LogP contribution in [0.4, 0.5) is 0 Å². The Labute approximate surface area is 102 Å². The Morgan fingerprint density at radius 3 is 2.44 bits per heavy atom. The van der Waals surface area contributed by atoms with Crippen molar-refractivity contribution in [3.63, 3.8) is 0 Å². The zero-order chi connectivity index (χ0) is 12.2. The molecule has 0 saturated carbocycles. The van der Waals surface area contributed by atoms with E-state index in [1.807, 2.05) is 0 Å². The predicted octanol–water partition coefficient (Wildman–Crippen LogP) is 3.26. The molecule has 0 amide bonds. The summed E-state index contributed by atoms with van der Waals surface area (Å²) in [6.07, 6.45) is 8.36. The molecule has 0 fully saturated rings. The van der Waals surface area contributed by atoms with Gasteiger partial charge >= 0.3 is 0 Å². The highest BCUT2D eigenvalue weighted by molar-refractivity contribution is 4.62. The van der Waals surface area contributed by atoms with E-state index < -0.39 is 0 Å². The third-order valence-electron chi connectivity index (χ3n) is 2.83. The van der Waals surface area contributed by atoms with Gasteiger partial charge in [-0.25, -0.2) is 0 Å². The Bertz CT molecular complexity index is 155. The molecule has 0 rings (SSSR count). The van der Waals surface area contributed by atoms with Crippen molar-refractivity contribution in [1.82, 2.24) is 10.2 Å². The summed E-state index contributed by atoms with van der Waals surface area (Å²) < 4.78 is 0. The molecule has 2 nitrogen and oxygen atoms in total. The highest BCUT2D eigenvalue weighted by atomic mass is 15.1. The predicted molar refractivity (Wildman–Crippen MR) is 73.6 cm³/mol. The molecule has 0 aromatic heterocycles. The van der Waals surface area contributed by atoms with Gasteiger partial charge in [-0.15, -0.1) is 0 Å². The Morgan fingerprint density at radius 2 is 1.81 bits per heavy atom. The Balaban J connectivity index is 3.17. The van der Waals surface area contributed by atoms with Crippen LogP contribution in [0.5, 0.6) is 0 Å². The lowest BCUT2D eigenvalue weighted by molar-refractivity contribution is 0.309. The van der Waals surface area contributed by atoms with Crippen molar-refractivity contribution in [2.75, 3.05) is 26.7 Å². The SMILES string of the molecule is C=CNCCCCCN(C)CCCC(C)C. The molecule has 0 aromatic carbocycles. The standard InChI is InChI=1S/C14H30N2/c1-5-15-11-7-6-8-12-16(4)13-9-10-14(2)3/h5,14-15H,1,6-13H2,2-4H3. The maximum atomic E-state index is 3.64. The van der Waals surface area contributed by atoms with Gasteiger partial charge in [0.05, 0.1) is 0 Å². The molecule has 1 N–H and O–H groups in total. The summed E-state index contributed by atoms with van der Waals surface area (Å²) in [7, 11) is 2.24. The fourth-order valence-corrected chi connectivity index (χ4v) is 1.77. The van der Waals surface area contributed by atoms with Gasteiger partial charge < -0.3 is 10.2 Å². The molecule has 0 atom stereocenters. The molecule has 0 aliphatic rings. The van der Waals surface area contributed by atoms with E-state index in [1.54, 1.807) is 6.20 Å². The van der Waals surface area contributed by atoms with E-state index in [9.17, 15) is 0 Å². The molecule has 0 aliphatic carbocycles. The van der Waals surface area contributed by atoms with E-state index in [0.29, 0.717) is 0 Å². The molecule has 0 bridgehead atoms. The van der Waals surface area contributed by atoms with Gasteiger partial charge in [0.25, 0.3) is 0 Å². The summed E-state index contributed by atoms with van der Waals surface area (Å²) in [5.41, 5.74) is 0. The van der Waals surface area contributed by atoms with Crippen molar-refractivity contribution in [3.8, 4) is 0 Å². The number of hydrogen-bond acceptors (Lipinski definition) is 2. The number of unbranched alkanes of at least 4 members (excludes halogenated alkanes) is 2. The van der Waals surface area contributed by atoms with E-state index in [1.165, 1.54) is 45.2 Å². The van der Waals surface area contributed by atoms with Gasteiger partial charge in [0.2, 0.25) is 0 Å². The highest BCUT2D eigenvalue weighted by Gasteiger charge is 1.99. The fourth-order valence-electron chi connectivity index (χ4n) is 1.77. The fraction of sp³-hybridized carbons (Fsp3) is 0.857. The molecule has 2 heteroatoms. The minimum Gasteiger partial charge on any atom is -0.391 e. The van der Waals surface area contributed by atoms with E-state index in [2.05, 4.69) is 37.7 Å². The van der Waals surface area contributed by atoms with Gasteiger partial charge in [-0.3, -0.25) is 0 Å². The summed E-state index contributed by atoms with van der Waals surface area (Å²) in [5.74, 6) is 0.846. The zero-order valence-electron chi connectivity index (χ0n) is 11.5. The first kappa shape index (κ1) is 15.5. The number of rotatable bonds is 11. The van der Waals surface area contributed by atoms with Crippen LogP contribution in [0.1, 0.15) is 46.0 Å². The first-order valence-corrected chi connectivity index (χ1v) is 6.69. The maximum Gasteiger partial charge on any atom is 0.0141 e. The second kappa shape index (κ2) is 11.0. The second-order valence-electron chi connectivity index (χ2n) is 5.06. The van der Waals surface area contributed by atoms with Gasteiger partial charge in [0.15, 0.2) is 0 Å². The normalized spacial score (nSPS) is 11.1. The summed E-state index contributed by atoms with van der Waals surface area (Å²) in [6, 6.07) is 0. The number of hydrogen-bond donors (Lipinski definition) is 1. The number of nitrogens with zero attached hydrogens (tertiary/aromatic N) is 1. The van der Waals surface area contributed by atoms with Crippen LogP contribution in [0.15, 0.2) is 12.8 Å². The Hall–Kier alpha value is -0.500. The first-order chi connectivity index (χ1) is 7.66. The lowest BCUT2D eigenvalue weighted by Gasteiger charge is -2.16. The van der Waals surface area contributed by atoms with Crippen molar-refractivity contribution < 1.29 is 0 Å². The van der Waals surface area contributed by atoms with Crippen LogP contribution in [0.2, 0.25) is 0 Å². The van der Waals surface area contributed by atoms with E-state index in [4.69, 9.17) is 0 Å². The quantitative estimate of drug-likeness (QED) is 0.544. The number of nitrogens with one attached hydrogen (secondary N) is 1. The lowest BCUT2D eigenvalue weighted by atomic mass is 10.1. The minimum atomic E-state index is 0.846. The largest absolute Gasteiger partial charge is 0.391 e. The van der Waals surface area contributed by atoms with Crippen molar-refractivity contribution in [1.29, 1.82) is 0 Å². The topological polar surface area (TPSA) is 15.3 Å². The summed E-state index contributed by atoms with van der Waals surface area (Å²) >= 11 is 0. The van der Waals surface area contributed by atoms with Crippen LogP contribution >= 0.6 is 0 Å². The van der Waals surface area contributed by atoms with Crippen LogP contribution in [-0.2, 0) is 0 Å². The average molecular weight is 226 g/mol. The Kier molecular flexibility index (Phi) is 10.7. The van der Waals surface area contributed by atoms with Gasteiger partial charge in [-0.05, 0) is 57.9 Å². The van der Waals surface area contributed by atoms with Crippen LogP contribution in [0.25, 0.3) is 0 Å². The monoisotopic (exact) mass is 226 g/mol.